The van der Waals surface area contributed by atoms with Crippen molar-refractivity contribution in [2.75, 3.05) is 13.1 Å². The van der Waals surface area contributed by atoms with Crippen LogP contribution in [0.15, 0.2) is 34.9 Å². The summed E-state index contributed by atoms with van der Waals surface area (Å²) in [6.45, 7) is 1.20. The van der Waals surface area contributed by atoms with E-state index in [0.717, 1.165) is 6.42 Å². The zero-order valence-corrected chi connectivity index (χ0v) is 12.8. The van der Waals surface area contributed by atoms with Gasteiger partial charge in [-0.25, -0.2) is 9.07 Å². The SMILES string of the molecule is NC1CCN(C(=O)c2nn(-c3ccc(F)cc3)cc2Br)C1. The van der Waals surface area contributed by atoms with Crippen molar-refractivity contribution in [1.82, 2.24) is 14.7 Å². The van der Waals surface area contributed by atoms with Gasteiger partial charge in [-0.2, -0.15) is 5.10 Å². The molecule has 21 heavy (non-hydrogen) atoms. The van der Waals surface area contributed by atoms with Gasteiger partial charge in [0.1, 0.15) is 5.82 Å². The minimum absolute atomic E-state index is 0.0342. The zero-order valence-electron chi connectivity index (χ0n) is 11.2. The number of aromatic nitrogens is 2. The molecule has 0 radical (unpaired) electrons. The molecular formula is C14H14BrFN4O. The van der Waals surface area contributed by atoms with E-state index >= 15 is 0 Å². The monoisotopic (exact) mass is 352 g/mol. The van der Waals surface area contributed by atoms with Gasteiger partial charge < -0.3 is 10.6 Å². The van der Waals surface area contributed by atoms with Gasteiger partial charge in [-0.05, 0) is 46.6 Å². The van der Waals surface area contributed by atoms with Gasteiger partial charge in [0.15, 0.2) is 5.69 Å². The molecule has 2 heterocycles. The Morgan fingerprint density at radius 2 is 2.10 bits per heavy atom. The molecule has 3 rings (SSSR count). The Hall–Kier alpha value is -1.73. The summed E-state index contributed by atoms with van der Waals surface area (Å²) in [6.07, 6.45) is 2.50. The third-order valence-electron chi connectivity index (χ3n) is 3.48. The number of amides is 1. The Bertz CT molecular complexity index is 670. The Labute approximate surface area is 129 Å². The Morgan fingerprint density at radius 3 is 2.71 bits per heavy atom. The molecule has 0 spiro atoms. The molecular weight excluding hydrogens is 339 g/mol. The molecule has 110 valence electrons. The minimum atomic E-state index is -0.313. The van der Waals surface area contributed by atoms with E-state index in [2.05, 4.69) is 21.0 Å². The molecule has 2 N–H and O–H groups in total. The molecule has 1 aliphatic heterocycles. The Balaban J connectivity index is 1.87. The highest BCUT2D eigenvalue weighted by atomic mass is 79.9. The number of halogens is 2. The number of nitrogens with zero attached hydrogens (tertiary/aromatic N) is 3. The molecule has 5 nitrogen and oxygen atoms in total. The maximum absolute atomic E-state index is 12.9. The van der Waals surface area contributed by atoms with Crippen molar-refractivity contribution in [1.29, 1.82) is 0 Å². The van der Waals surface area contributed by atoms with Gasteiger partial charge in [-0.3, -0.25) is 4.79 Å². The van der Waals surface area contributed by atoms with Crippen molar-refractivity contribution < 1.29 is 9.18 Å². The first kappa shape index (κ1) is 14.2. The standard InChI is InChI=1S/C14H14BrFN4O/c15-12-8-20(11-3-1-9(16)2-4-11)18-13(12)14(21)19-6-5-10(17)7-19/h1-4,8,10H,5-7,17H2. The van der Waals surface area contributed by atoms with Gasteiger partial charge in [-0.1, -0.05) is 0 Å². The lowest BCUT2D eigenvalue weighted by Gasteiger charge is -2.14. The Morgan fingerprint density at radius 1 is 1.38 bits per heavy atom. The molecule has 1 aliphatic rings. The summed E-state index contributed by atoms with van der Waals surface area (Å²) in [6, 6.07) is 5.95. The van der Waals surface area contributed by atoms with E-state index < -0.39 is 0 Å². The molecule has 1 amide bonds. The number of hydrogen-bond donors (Lipinski definition) is 1. The van der Waals surface area contributed by atoms with E-state index in [-0.39, 0.29) is 17.8 Å². The summed E-state index contributed by atoms with van der Waals surface area (Å²) in [5.74, 6) is -0.456. The molecule has 1 aromatic carbocycles. The number of carbonyl (C=O) groups is 1. The van der Waals surface area contributed by atoms with Crippen LogP contribution in [0, 0.1) is 5.82 Å². The number of rotatable bonds is 2. The maximum atomic E-state index is 12.9. The number of hydrogen-bond acceptors (Lipinski definition) is 3. The average Bonchev–Trinajstić information content (AvgIpc) is 3.05. The first-order valence-corrected chi connectivity index (χ1v) is 7.40. The lowest BCUT2D eigenvalue weighted by molar-refractivity contribution is 0.0783. The summed E-state index contributed by atoms with van der Waals surface area (Å²) in [5.41, 5.74) is 6.85. The molecule has 1 aromatic heterocycles. The van der Waals surface area contributed by atoms with Crippen molar-refractivity contribution in [3.63, 3.8) is 0 Å². The second kappa shape index (κ2) is 5.57. The summed E-state index contributed by atoms with van der Waals surface area (Å²) in [7, 11) is 0. The maximum Gasteiger partial charge on any atom is 0.275 e. The minimum Gasteiger partial charge on any atom is -0.336 e. The van der Waals surface area contributed by atoms with E-state index in [1.807, 2.05) is 0 Å². The van der Waals surface area contributed by atoms with Gasteiger partial charge in [0, 0.05) is 25.3 Å². The molecule has 1 fully saturated rings. The van der Waals surface area contributed by atoms with Gasteiger partial charge >= 0.3 is 0 Å². The molecule has 0 aliphatic carbocycles. The topological polar surface area (TPSA) is 64.2 Å². The van der Waals surface area contributed by atoms with Gasteiger partial charge in [0.25, 0.3) is 5.91 Å². The fourth-order valence-corrected chi connectivity index (χ4v) is 2.79. The normalized spacial score (nSPS) is 18.2. The van der Waals surface area contributed by atoms with Gasteiger partial charge in [0.05, 0.1) is 10.2 Å². The van der Waals surface area contributed by atoms with Gasteiger partial charge in [0.2, 0.25) is 0 Å². The summed E-state index contributed by atoms with van der Waals surface area (Å²) in [4.78, 5) is 14.1. The van der Waals surface area contributed by atoms with Gasteiger partial charge in [-0.15, -0.1) is 0 Å². The highest BCUT2D eigenvalue weighted by Crippen LogP contribution is 2.21. The van der Waals surface area contributed by atoms with E-state index in [9.17, 15) is 9.18 Å². The van der Waals surface area contributed by atoms with E-state index in [0.29, 0.717) is 28.9 Å². The molecule has 1 atom stereocenters. The van der Waals surface area contributed by atoms with Crippen molar-refractivity contribution in [3.05, 3.63) is 46.4 Å². The molecule has 2 aromatic rings. The third kappa shape index (κ3) is 2.84. The van der Waals surface area contributed by atoms with Crippen LogP contribution in [0.3, 0.4) is 0 Å². The first-order valence-electron chi connectivity index (χ1n) is 6.60. The van der Waals surface area contributed by atoms with Crippen LogP contribution in [-0.4, -0.2) is 39.7 Å². The molecule has 0 bridgehead atoms. The zero-order chi connectivity index (χ0) is 15.0. The van der Waals surface area contributed by atoms with Crippen molar-refractivity contribution in [2.45, 2.75) is 12.5 Å². The number of benzene rings is 1. The second-order valence-corrected chi connectivity index (χ2v) is 5.90. The largest absolute Gasteiger partial charge is 0.336 e. The summed E-state index contributed by atoms with van der Waals surface area (Å²) in [5, 5.41) is 4.29. The average molecular weight is 353 g/mol. The Kier molecular flexibility index (Phi) is 3.77. The van der Waals surface area contributed by atoms with Crippen LogP contribution >= 0.6 is 15.9 Å². The van der Waals surface area contributed by atoms with Crippen LogP contribution in [0.2, 0.25) is 0 Å². The number of nitrogens with two attached hydrogens (primary N) is 1. The van der Waals surface area contributed by atoms with Crippen molar-refractivity contribution in [2.24, 2.45) is 5.73 Å². The van der Waals surface area contributed by atoms with Crippen LogP contribution in [0.4, 0.5) is 4.39 Å². The lowest BCUT2D eigenvalue weighted by atomic mass is 10.3. The molecule has 1 saturated heterocycles. The number of carbonyl (C=O) groups excluding carboxylic acids is 1. The number of likely N-dealkylation sites (tertiary alicyclic amines) is 1. The van der Waals surface area contributed by atoms with Crippen LogP contribution in [0.5, 0.6) is 0 Å². The van der Waals surface area contributed by atoms with Crippen molar-refractivity contribution in [3.8, 4) is 5.69 Å². The van der Waals surface area contributed by atoms with E-state index in [1.165, 1.54) is 12.1 Å². The van der Waals surface area contributed by atoms with Crippen molar-refractivity contribution >= 4 is 21.8 Å². The molecule has 1 unspecified atom stereocenters. The third-order valence-corrected chi connectivity index (χ3v) is 4.06. The van der Waals surface area contributed by atoms with Crippen LogP contribution in [0.1, 0.15) is 16.9 Å². The highest BCUT2D eigenvalue weighted by molar-refractivity contribution is 9.10. The first-order chi connectivity index (χ1) is 10.0. The van der Waals surface area contributed by atoms with E-state index in [4.69, 9.17) is 5.73 Å². The fourth-order valence-electron chi connectivity index (χ4n) is 2.35. The molecule has 7 heteroatoms. The lowest BCUT2D eigenvalue weighted by Crippen LogP contribution is -2.32. The van der Waals surface area contributed by atoms with Crippen LogP contribution < -0.4 is 5.73 Å². The van der Waals surface area contributed by atoms with E-state index in [1.54, 1.807) is 27.9 Å². The smallest absolute Gasteiger partial charge is 0.275 e. The second-order valence-electron chi connectivity index (χ2n) is 5.05. The predicted molar refractivity (Wildman–Crippen MR) is 79.7 cm³/mol. The summed E-state index contributed by atoms with van der Waals surface area (Å²) < 4.78 is 15.1. The summed E-state index contributed by atoms with van der Waals surface area (Å²) >= 11 is 3.36. The fraction of sp³-hybridized carbons (Fsp3) is 0.286. The van der Waals surface area contributed by atoms with Crippen LogP contribution in [-0.2, 0) is 0 Å². The molecule has 0 saturated carbocycles. The van der Waals surface area contributed by atoms with Crippen LogP contribution in [0.25, 0.3) is 5.69 Å². The predicted octanol–water partition coefficient (Wildman–Crippen LogP) is 1.95. The highest BCUT2D eigenvalue weighted by Gasteiger charge is 2.27. The quantitative estimate of drug-likeness (QED) is 0.898.